The molecule has 0 amide bonds. The number of pyridine rings is 1. The molecule has 0 unspecified atom stereocenters. The van der Waals surface area contributed by atoms with Crippen LogP contribution < -0.4 is 4.90 Å². The number of carboxylic acids is 1. The molecule has 2 aromatic carbocycles. The van der Waals surface area contributed by atoms with Crippen molar-refractivity contribution < 1.29 is 14.6 Å². The maximum absolute atomic E-state index is 11.5. The first kappa shape index (κ1) is 22.6. The lowest BCUT2D eigenvalue weighted by Gasteiger charge is -2.24. The van der Waals surface area contributed by atoms with Gasteiger partial charge in [-0.15, -0.1) is 0 Å². The minimum Gasteiger partial charge on any atom is -0.478 e. The summed E-state index contributed by atoms with van der Waals surface area (Å²) in [5, 5.41) is 9.44. The van der Waals surface area contributed by atoms with Crippen molar-refractivity contribution >= 4 is 17.3 Å². The van der Waals surface area contributed by atoms with Gasteiger partial charge in [-0.3, -0.25) is 4.98 Å². The normalized spacial score (nSPS) is 18.0. The highest BCUT2D eigenvalue weighted by atomic mass is 16.5. The summed E-state index contributed by atoms with van der Waals surface area (Å²) in [7, 11) is 2.13. The summed E-state index contributed by atoms with van der Waals surface area (Å²) < 4.78 is 5.50. The summed E-state index contributed by atoms with van der Waals surface area (Å²) in [5.41, 5.74) is 7.83. The average molecular weight is 457 g/mol. The molecule has 1 aromatic heterocycles. The number of hydrogen-bond donors (Lipinski definition) is 1. The molecule has 1 aliphatic heterocycles. The molecule has 176 valence electrons. The van der Waals surface area contributed by atoms with Crippen LogP contribution >= 0.6 is 0 Å². The lowest BCUT2D eigenvalue weighted by Crippen LogP contribution is -2.14. The quantitative estimate of drug-likeness (QED) is 0.465. The number of nitrogens with zero attached hydrogens (tertiary/aromatic N) is 2. The summed E-state index contributed by atoms with van der Waals surface area (Å²) in [6, 6.07) is 17.4. The van der Waals surface area contributed by atoms with Gasteiger partial charge >= 0.3 is 5.97 Å². The number of aromatic nitrogens is 1. The Bertz CT molecular complexity index is 1150. The minimum atomic E-state index is -0.877. The Hall–Kier alpha value is -3.18. The van der Waals surface area contributed by atoms with Crippen LogP contribution in [0.25, 0.3) is 0 Å². The van der Waals surface area contributed by atoms with Gasteiger partial charge in [-0.2, -0.15) is 0 Å². The molecule has 0 bridgehead atoms. The maximum atomic E-state index is 11.5. The highest BCUT2D eigenvalue weighted by Crippen LogP contribution is 2.39. The number of anilines is 2. The molecule has 0 spiro atoms. The molecule has 1 N–H and O–H groups in total. The molecular weight excluding hydrogens is 424 g/mol. The Morgan fingerprint density at radius 3 is 2.59 bits per heavy atom. The fourth-order valence-corrected chi connectivity index (χ4v) is 5.52. The van der Waals surface area contributed by atoms with Gasteiger partial charge in [0.2, 0.25) is 0 Å². The highest BCUT2D eigenvalue weighted by molar-refractivity contribution is 5.89. The summed E-state index contributed by atoms with van der Waals surface area (Å²) in [6.45, 7) is 1.73. The van der Waals surface area contributed by atoms with Crippen molar-refractivity contribution in [1.29, 1.82) is 0 Å². The van der Waals surface area contributed by atoms with E-state index >= 15 is 0 Å². The number of benzene rings is 2. The van der Waals surface area contributed by atoms with Crippen molar-refractivity contribution in [2.75, 3.05) is 25.2 Å². The second-order valence-corrected chi connectivity index (χ2v) is 9.53. The van der Waals surface area contributed by atoms with E-state index in [1.165, 1.54) is 28.1 Å². The SMILES string of the molecule is CN(c1ccc(C2CCOCC2)cc1)c1ccc2c(c1)CC[C@H]2CCc1cnccc1C(=O)O. The highest BCUT2D eigenvalue weighted by Gasteiger charge is 2.24. The fraction of sp³-hybridized carbons (Fsp3) is 0.379. The molecular formula is C29H32N2O3. The van der Waals surface area contributed by atoms with Gasteiger partial charge in [0.05, 0.1) is 5.56 Å². The van der Waals surface area contributed by atoms with Gasteiger partial charge in [0.25, 0.3) is 0 Å². The topological polar surface area (TPSA) is 62.7 Å². The molecule has 0 radical (unpaired) electrons. The van der Waals surface area contributed by atoms with Crippen molar-refractivity contribution in [2.45, 2.75) is 50.4 Å². The zero-order valence-corrected chi connectivity index (χ0v) is 19.7. The van der Waals surface area contributed by atoms with Crippen LogP contribution in [0.3, 0.4) is 0 Å². The zero-order valence-electron chi connectivity index (χ0n) is 19.7. The number of aromatic carboxylic acids is 1. The van der Waals surface area contributed by atoms with Crippen molar-refractivity contribution in [1.82, 2.24) is 4.98 Å². The third-order valence-electron chi connectivity index (χ3n) is 7.59. The first-order valence-corrected chi connectivity index (χ1v) is 12.3. The number of ether oxygens (including phenoxy) is 1. The van der Waals surface area contributed by atoms with Gasteiger partial charge in [-0.25, -0.2) is 4.79 Å². The molecule has 1 fully saturated rings. The molecule has 1 atom stereocenters. The standard InChI is InChI=1S/C29H32N2O3/c1-31(25-8-6-20(7-9-25)21-13-16-34-17-14-21)26-10-11-27-22(2-4-23(27)18-26)3-5-24-19-30-15-12-28(24)29(32)33/h6-12,15,18-19,21-22H,2-5,13-14,16-17H2,1H3,(H,32,33)/t22-/m0/s1. The molecule has 3 aromatic rings. The van der Waals surface area contributed by atoms with E-state index in [0.717, 1.165) is 57.3 Å². The number of carbonyl (C=O) groups is 1. The van der Waals surface area contributed by atoms with Crippen molar-refractivity contribution in [3.05, 3.63) is 88.7 Å². The lowest BCUT2D eigenvalue weighted by atomic mass is 9.91. The third kappa shape index (κ3) is 4.71. The van der Waals surface area contributed by atoms with E-state index in [9.17, 15) is 9.90 Å². The molecule has 5 nitrogen and oxygen atoms in total. The van der Waals surface area contributed by atoms with Gasteiger partial charge in [0.15, 0.2) is 0 Å². The Morgan fingerprint density at radius 2 is 1.82 bits per heavy atom. The molecule has 1 saturated heterocycles. The molecule has 5 rings (SSSR count). The molecule has 1 aliphatic carbocycles. The summed E-state index contributed by atoms with van der Waals surface area (Å²) in [6.07, 6.45) is 9.34. The van der Waals surface area contributed by atoms with E-state index in [1.54, 1.807) is 18.5 Å². The molecule has 5 heteroatoms. The summed E-state index contributed by atoms with van der Waals surface area (Å²) in [5.74, 6) is 0.205. The van der Waals surface area contributed by atoms with Crippen LogP contribution in [0.1, 0.15) is 70.1 Å². The molecule has 0 saturated carbocycles. The zero-order chi connectivity index (χ0) is 23.5. The Labute approximate surface area is 201 Å². The number of hydrogen-bond acceptors (Lipinski definition) is 4. The van der Waals surface area contributed by atoms with Crippen molar-refractivity contribution in [2.24, 2.45) is 0 Å². The smallest absolute Gasteiger partial charge is 0.336 e. The number of rotatable bonds is 7. The Morgan fingerprint density at radius 1 is 1.06 bits per heavy atom. The third-order valence-corrected chi connectivity index (χ3v) is 7.59. The molecule has 2 aliphatic rings. The Kier molecular flexibility index (Phi) is 6.63. The largest absolute Gasteiger partial charge is 0.478 e. The van der Waals surface area contributed by atoms with Gasteiger partial charge < -0.3 is 14.7 Å². The van der Waals surface area contributed by atoms with E-state index in [4.69, 9.17) is 4.74 Å². The van der Waals surface area contributed by atoms with Crippen LogP contribution in [0.2, 0.25) is 0 Å². The number of fused-ring (bicyclic) bond motifs is 1. The van der Waals surface area contributed by atoms with Gasteiger partial charge in [0.1, 0.15) is 0 Å². The molecule has 2 heterocycles. The Balaban J connectivity index is 1.26. The minimum absolute atomic E-state index is 0.369. The van der Waals surface area contributed by atoms with E-state index in [-0.39, 0.29) is 0 Å². The van der Waals surface area contributed by atoms with E-state index in [0.29, 0.717) is 17.4 Å². The predicted molar refractivity (Wildman–Crippen MR) is 134 cm³/mol. The lowest BCUT2D eigenvalue weighted by molar-refractivity contribution is 0.0695. The van der Waals surface area contributed by atoms with E-state index in [2.05, 4.69) is 59.4 Å². The van der Waals surface area contributed by atoms with Gasteiger partial charge in [-0.05, 0) is 103 Å². The first-order valence-electron chi connectivity index (χ1n) is 12.3. The monoisotopic (exact) mass is 456 g/mol. The summed E-state index contributed by atoms with van der Waals surface area (Å²) in [4.78, 5) is 17.9. The van der Waals surface area contributed by atoms with Crippen molar-refractivity contribution in [3.8, 4) is 0 Å². The van der Waals surface area contributed by atoms with Crippen LogP contribution in [0.5, 0.6) is 0 Å². The van der Waals surface area contributed by atoms with Crippen LogP contribution in [0, 0.1) is 0 Å². The van der Waals surface area contributed by atoms with Gasteiger partial charge in [-0.1, -0.05) is 18.2 Å². The van der Waals surface area contributed by atoms with Crippen LogP contribution in [0.4, 0.5) is 11.4 Å². The second-order valence-electron chi connectivity index (χ2n) is 9.53. The maximum Gasteiger partial charge on any atom is 0.336 e. The van der Waals surface area contributed by atoms with Crippen molar-refractivity contribution in [3.63, 3.8) is 0 Å². The fourth-order valence-electron chi connectivity index (χ4n) is 5.52. The molecule has 34 heavy (non-hydrogen) atoms. The van der Waals surface area contributed by atoms with Crippen LogP contribution in [0.15, 0.2) is 60.9 Å². The first-order chi connectivity index (χ1) is 16.6. The van der Waals surface area contributed by atoms with Gasteiger partial charge in [0, 0.05) is 44.0 Å². The predicted octanol–water partition coefficient (Wildman–Crippen LogP) is 6.10. The number of carboxylic acid groups (broad SMARTS) is 1. The second kappa shape index (κ2) is 9.98. The van der Waals surface area contributed by atoms with Crippen LogP contribution in [-0.2, 0) is 17.6 Å². The summed E-state index contributed by atoms with van der Waals surface area (Å²) >= 11 is 0. The van der Waals surface area contributed by atoms with E-state index < -0.39 is 5.97 Å². The number of aryl methyl sites for hydroxylation is 2. The average Bonchev–Trinajstić information content (AvgIpc) is 3.30. The van der Waals surface area contributed by atoms with Crippen LogP contribution in [-0.4, -0.2) is 36.3 Å². The van der Waals surface area contributed by atoms with E-state index in [1.807, 2.05) is 0 Å².